The maximum absolute atomic E-state index is 11.1. The molecule has 0 saturated heterocycles. The fourth-order valence-corrected chi connectivity index (χ4v) is 1.76. The van der Waals surface area contributed by atoms with Crippen molar-refractivity contribution in [3.05, 3.63) is 54.5 Å². The first-order valence-corrected chi connectivity index (χ1v) is 5.78. The van der Waals surface area contributed by atoms with Crippen LogP contribution in [-0.4, -0.2) is 36.0 Å². The molecule has 3 heterocycles. The van der Waals surface area contributed by atoms with E-state index in [2.05, 4.69) is 20.3 Å². The molecule has 0 fully saturated rings. The second-order valence-corrected chi connectivity index (χ2v) is 3.93. The van der Waals surface area contributed by atoms with Crippen molar-refractivity contribution >= 4 is 5.97 Å². The number of hydrogen-bond acceptors (Lipinski definition) is 5. The molecule has 0 aliphatic heterocycles. The second kappa shape index (κ2) is 4.88. The number of carboxylic acid groups (broad SMARTS) is 1. The maximum Gasteiger partial charge on any atom is 0.356 e. The third kappa shape index (κ3) is 2.12. The third-order valence-corrected chi connectivity index (χ3v) is 2.63. The number of aromatic nitrogens is 5. The molecule has 0 radical (unpaired) electrons. The normalized spacial score (nSPS) is 10.4. The zero-order chi connectivity index (χ0) is 13.9. The average Bonchev–Trinajstić information content (AvgIpc) is 2.94. The van der Waals surface area contributed by atoms with Crippen LogP contribution in [0, 0.1) is 0 Å². The van der Waals surface area contributed by atoms with Gasteiger partial charge in [0.2, 0.25) is 0 Å². The number of nitrogens with zero attached hydrogens (tertiary/aromatic N) is 5. The lowest BCUT2D eigenvalue weighted by atomic mass is 10.2. The first-order chi connectivity index (χ1) is 9.75. The molecule has 0 aliphatic rings. The van der Waals surface area contributed by atoms with Crippen LogP contribution in [0.5, 0.6) is 0 Å². The molecule has 3 aromatic rings. The Balaban J connectivity index is 2.20. The van der Waals surface area contributed by atoms with Crippen LogP contribution in [0.3, 0.4) is 0 Å². The Labute approximate surface area is 113 Å². The summed E-state index contributed by atoms with van der Waals surface area (Å²) in [6.07, 6.45) is 3.16. The van der Waals surface area contributed by atoms with E-state index in [1.807, 2.05) is 6.07 Å². The van der Waals surface area contributed by atoms with Gasteiger partial charge in [0.05, 0.1) is 11.4 Å². The van der Waals surface area contributed by atoms with E-state index in [-0.39, 0.29) is 5.69 Å². The number of rotatable bonds is 3. The summed E-state index contributed by atoms with van der Waals surface area (Å²) in [6.45, 7) is 0. The Bertz CT molecular complexity index is 683. The van der Waals surface area contributed by atoms with Crippen LogP contribution in [-0.2, 0) is 0 Å². The monoisotopic (exact) mass is 267 g/mol. The molecule has 0 atom stereocenters. The van der Waals surface area contributed by atoms with E-state index in [0.717, 1.165) is 0 Å². The highest BCUT2D eigenvalue weighted by atomic mass is 16.4. The van der Waals surface area contributed by atoms with Gasteiger partial charge in [0.1, 0.15) is 0 Å². The lowest BCUT2D eigenvalue weighted by Gasteiger charge is -2.04. The Hall–Kier alpha value is -3.09. The largest absolute Gasteiger partial charge is 0.476 e. The summed E-state index contributed by atoms with van der Waals surface area (Å²) >= 11 is 0. The Morgan fingerprint density at radius 3 is 2.70 bits per heavy atom. The van der Waals surface area contributed by atoms with E-state index in [0.29, 0.717) is 17.2 Å². The SMILES string of the molecule is O=C(O)c1cc(-c2ccccn2)n(-c2cccnn2)n1. The molecule has 0 aliphatic carbocycles. The minimum Gasteiger partial charge on any atom is -0.476 e. The molecule has 98 valence electrons. The van der Waals surface area contributed by atoms with E-state index in [4.69, 9.17) is 5.11 Å². The van der Waals surface area contributed by atoms with Gasteiger partial charge in [0, 0.05) is 18.5 Å². The molecule has 0 bridgehead atoms. The van der Waals surface area contributed by atoms with Crippen LogP contribution in [0.2, 0.25) is 0 Å². The predicted octanol–water partition coefficient (Wildman–Crippen LogP) is 1.42. The number of pyridine rings is 1. The number of aromatic carboxylic acids is 1. The van der Waals surface area contributed by atoms with Crippen LogP contribution in [0.25, 0.3) is 17.2 Å². The van der Waals surface area contributed by atoms with Gasteiger partial charge in [-0.1, -0.05) is 6.07 Å². The van der Waals surface area contributed by atoms with Crippen LogP contribution >= 0.6 is 0 Å². The molecule has 7 heteroatoms. The van der Waals surface area contributed by atoms with Crippen molar-refractivity contribution in [3.8, 4) is 17.2 Å². The van der Waals surface area contributed by atoms with Crippen molar-refractivity contribution < 1.29 is 9.90 Å². The van der Waals surface area contributed by atoms with Crippen molar-refractivity contribution in [1.82, 2.24) is 25.0 Å². The Morgan fingerprint density at radius 1 is 1.15 bits per heavy atom. The average molecular weight is 267 g/mol. The van der Waals surface area contributed by atoms with Gasteiger partial charge in [-0.2, -0.15) is 10.2 Å². The van der Waals surface area contributed by atoms with Crippen LogP contribution in [0.1, 0.15) is 10.5 Å². The van der Waals surface area contributed by atoms with Gasteiger partial charge in [-0.3, -0.25) is 4.98 Å². The Kier molecular flexibility index (Phi) is 2.92. The van der Waals surface area contributed by atoms with Crippen molar-refractivity contribution in [3.63, 3.8) is 0 Å². The Morgan fingerprint density at radius 2 is 2.05 bits per heavy atom. The van der Waals surface area contributed by atoms with Gasteiger partial charge in [-0.05, 0) is 24.3 Å². The fraction of sp³-hybridized carbons (Fsp3) is 0. The molecule has 20 heavy (non-hydrogen) atoms. The number of carboxylic acids is 1. The highest BCUT2D eigenvalue weighted by molar-refractivity contribution is 5.87. The maximum atomic E-state index is 11.1. The molecule has 3 aromatic heterocycles. The van der Waals surface area contributed by atoms with E-state index in [1.165, 1.54) is 16.9 Å². The zero-order valence-electron chi connectivity index (χ0n) is 10.2. The predicted molar refractivity (Wildman–Crippen MR) is 69.3 cm³/mol. The summed E-state index contributed by atoms with van der Waals surface area (Å²) in [5.74, 6) is -0.675. The molecular formula is C13H9N5O2. The molecule has 7 nitrogen and oxygen atoms in total. The summed E-state index contributed by atoms with van der Waals surface area (Å²) in [5.41, 5.74) is 1.08. The van der Waals surface area contributed by atoms with Gasteiger partial charge >= 0.3 is 5.97 Å². The molecule has 0 saturated carbocycles. The van der Waals surface area contributed by atoms with Gasteiger partial charge in [-0.15, -0.1) is 5.10 Å². The molecule has 0 spiro atoms. The standard InChI is InChI=1S/C13H9N5O2/c19-13(20)10-8-11(9-4-1-2-6-14-9)18(17-10)12-5-3-7-15-16-12/h1-8H,(H,19,20). The molecule has 1 N–H and O–H groups in total. The summed E-state index contributed by atoms with van der Waals surface area (Å²) in [5, 5.41) is 20.8. The van der Waals surface area contributed by atoms with Gasteiger partial charge in [-0.25, -0.2) is 9.48 Å². The number of carbonyl (C=O) groups is 1. The topological polar surface area (TPSA) is 93.8 Å². The van der Waals surface area contributed by atoms with E-state index < -0.39 is 5.97 Å². The lowest BCUT2D eigenvalue weighted by Crippen LogP contribution is -2.05. The minimum absolute atomic E-state index is 0.0729. The summed E-state index contributed by atoms with van der Waals surface area (Å²) in [4.78, 5) is 15.3. The minimum atomic E-state index is -1.11. The molecule has 0 amide bonds. The van der Waals surface area contributed by atoms with Crippen LogP contribution in [0.15, 0.2) is 48.8 Å². The van der Waals surface area contributed by atoms with E-state index in [9.17, 15) is 4.79 Å². The summed E-state index contributed by atoms with van der Waals surface area (Å²) in [7, 11) is 0. The van der Waals surface area contributed by atoms with E-state index >= 15 is 0 Å². The van der Waals surface area contributed by atoms with Crippen LogP contribution < -0.4 is 0 Å². The quantitative estimate of drug-likeness (QED) is 0.771. The van der Waals surface area contributed by atoms with Crippen molar-refractivity contribution in [2.45, 2.75) is 0 Å². The molecule has 3 rings (SSSR count). The van der Waals surface area contributed by atoms with E-state index in [1.54, 1.807) is 30.5 Å². The first kappa shape index (κ1) is 12.0. The van der Waals surface area contributed by atoms with Crippen molar-refractivity contribution in [2.24, 2.45) is 0 Å². The summed E-state index contributed by atoms with van der Waals surface area (Å²) < 4.78 is 1.42. The highest BCUT2D eigenvalue weighted by Gasteiger charge is 2.17. The third-order valence-electron chi connectivity index (χ3n) is 2.63. The van der Waals surface area contributed by atoms with Gasteiger partial charge in [0.25, 0.3) is 0 Å². The molecule has 0 unspecified atom stereocenters. The first-order valence-electron chi connectivity index (χ1n) is 5.78. The van der Waals surface area contributed by atoms with Crippen LogP contribution in [0.4, 0.5) is 0 Å². The van der Waals surface area contributed by atoms with Crippen molar-refractivity contribution in [2.75, 3.05) is 0 Å². The van der Waals surface area contributed by atoms with Gasteiger partial charge in [0.15, 0.2) is 11.5 Å². The fourth-order valence-electron chi connectivity index (χ4n) is 1.76. The summed E-state index contributed by atoms with van der Waals surface area (Å²) in [6, 6.07) is 10.2. The molecule has 0 aromatic carbocycles. The highest BCUT2D eigenvalue weighted by Crippen LogP contribution is 2.20. The van der Waals surface area contributed by atoms with Crippen molar-refractivity contribution in [1.29, 1.82) is 0 Å². The lowest BCUT2D eigenvalue weighted by molar-refractivity contribution is 0.0690. The second-order valence-electron chi connectivity index (χ2n) is 3.93. The van der Waals surface area contributed by atoms with Gasteiger partial charge < -0.3 is 5.11 Å². The smallest absolute Gasteiger partial charge is 0.356 e. The number of hydrogen-bond donors (Lipinski definition) is 1. The molecular weight excluding hydrogens is 258 g/mol. The zero-order valence-corrected chi connectivity index (χ0v) is 10.2.